The Labute approximate surface area is 119 Å². The highest BCUT2D eigenvalue weighted by Gasteiger charge is 2.22. The number of carbonyl (C=O) groups is 1. The van der Waals surface area contributed by atoms with E-state index in [1.54, 1.807) is 0 Å². The molecule has 1 aromatic heterocycles. The molecular weight excluding hydrogens is 260 g/mol. The average Bonchev–Trinajstić information content (AvgIpc) is 2.68. The molecule has 0 bridgehead atoms. The van der Waals surface area contributed by atoms with E-state index in [9.17, 15) is 4.79 Å². The number of imidazole rings is 1. The Hall–Kier alpha value is -0.970. The summed E-state index contributed by atoms with van der Waals surface area (Å²) < 4.78 is 2.18. The molecular formula is C14H24N2O2S. The van der Waals surface area contributed by atoms with Crippen LogP contribution in [-0.4, -0.2) is 26.4 Å². The second-order valence-corrected chi connectivity index (χ2v) is 6.92. The average molecular weight is 284 g/mol. The van der Waals surface area contributed by atoms with Crippen LogP contribution in [0.3, 0.4) is 0 Å². The van der Waals surface area contributed by atoms with E-state index >= 15 is 0 Å². The van der Waals surface area contributed by atoms with Crippen molar-refractivity contribution in [2.45, 2.75) is 58.2 Å². The van der Waals surface area contributed by atoms with Gasteiger partial charge >= 0.3 is 5.97 Å². The maximum absolute atomic E-state index is 10.7. The summed E-state index contributed by atoms with van der Waals surface area (Å²) in [5.41, 5.74) is 1.18. The summed E-state index contributed by atoms with van der Waals surface area (Å²) in [6.07, 6.45) is 2.98. The lowest BCUT2D eigenvalue weighted by Gasteiger charge is -2.23. The van der Waals surface area contributed by atoms with Crippen molar-refractivity contribution in [1.82, 2.24) is 9.55 Å². The lowest BCUT2D eigenvalue weighted by atomic mass is 9.92. The van der Waals surface area contributed by atoms with E-state index in [-0.39, 0.29) is 11.2 Å². The molecule has 108 valence electrons. The fourth-order valence-electron chi connectivity index (χ4n) is 1.82. The molecule has 5 heteroatoms. The molecule has 1 unspecified atom stereocenters. The van der Waals surface area contributed by atoms with Gasteiger partial charge in [-0.2, -0.15) is 0 Å². The Morgan fingerprint density at radius 3 is 2.63 bits per heavy atom. The molecule has 19 heavy (non-hydrogen) atoms. The minimum absolute atomic E-state index is 0.0164. The van der Waals surface area contributed by atoms with Crippen molar-refractivity contribution >= 4 is 17.7 Å². The van der Waals surface area contributed by atoms with Crippen molar-refractivity contribution in [3.05, 3.63) is 11.9 Å². The fraction of sp³-hybridized carbons (Fsp3) is 0.714. The van der Waals surface area contributed by atoms with Crippen LogP contribution in [-0.2, 0) is 16.8 Å². The molecule has 0 radical (unpaired) electrons. The van der Waals surface area contributed by atoms with Crippen molar-refractivity contribution in [3.63, 3.8) is 0 Å². The number of aliphatic carboxylic acids is 1. The van der Waals surface area contributed by atoms with Crippen molar-refractivity contribution in [3.8, 4) is 0 Å². The van der Waals surface area contributed by atoms with Crippen molar-refractivity contribution in [2.75, 3.05) is 5.75 Å². The fourth-order valence-corrected chi connectivity index (χ4v) is 2.52. The first-order valence-electron chi connectivity index (χ1n) is 6.66. The summed E-state index contributed by atoms with van der Waals surface area (Å²) in [6, 6.07) is 0. The van der Waals surface area contributed by atoms with Crippen molar-refractivity contribution < 1.29 is 9.90 Å². The first-order chi connectivity index (χ1) is 8.75. The van der Waals surface area contributed by atoms with E-state index in [0.29, 0.717) is 5.92 Å². The Bertz CT molecular complexity index is 435. The molecule has 1 aromatic rings. The number of carboxylic acid groups (broad SMARTS) is 1. The molecule has 1 rings (SSSR count). The number of nitrogens with zero attached hydrogens (tertiary/aromatic N) is 2. The smallest absolute Gasteiger partial charge is 0.313 e. The third-order valence-corrected chi connectivity index (χ3v) is 4.08. The van der Waals surface area contributed by atoms with Crippen LogP contribution in [0.4, 0.5) is 0 Å². The van der Waals surface area contributed by atoms with Gasteiger partial charge in [-0.15, -0.1) is 0 Å². The van der Waals surface area contributed by atoms with Gasteiger partial charge in [0, 0.05) is 23.9 Å². The van der Waals surface area contributed by atoms with Gasteiger partial charge in [0.15, 0.2) is 5.16 Å². The quantitative estimate of drug-likeness (QED) is 0.813. The van der Waals surface area contributed by atoms with Crippen LogP contribution in [0.1, 0.15) is 46.7 Å². The van der Waals surface area contributed by atoms with E-state index in [1.165, 1.54) is 17.5 Å². The van der Waals surface area contributed by atoms with E-state index in [1.807, 2.05) is 6.20 Å². The van der Waals surface area contributed by atoms with Gasteiger partial charge in [0.25, 0.3) is 0 Å². The molecule has 4 nitrogen and oxygen atoms in total. The second-order valence-electron chi connectivity index (χ2n) is 5.98. The van der Waals surface area contributed by atoms with Crippen LogP contribution in [0.25, 0.3) is 0 Å². The molecule has 1 N–H and O–H groups in total. The molecule has 0 aliphatic carbocycles. The zero-order chi connectivity index (χ0) is 14.6. The number of rotatable bonds is 6. The van der Waals surface area contributed by atoms with Gasteiger partial charge < -0.3 is 9.67 Å². The van der Waals surface area contributed by atoms with Gasteiger partial charge in [-0.05, 0) is 5.92 Å². The molecule has 0 aliphatic rings. The first-order valence-corrected chi connectivity index (χ1v) is 7.64. The maximum Gasteiger partial charge on any atom is 0.313 e. The van der Waals surface area contributed by atoms with Crippen LogP contribution < -0.4 is 0 Å². The van der Waals surface area contributed by atoms with E-state index in [0.717, 1.165) is 18.1 Å². The van der Waals surface area contributed by atoms with Gasteiger partial charge in [-0.25, -0.2) is 4.98 Å². The SMILES string of the molecule is CCC(C)Cn1c(C(C)(C)C)cnc1SCC(=O)O. The number of carboxylic acids is 1. The van der Waals surface area contributed by atoms with Crippen molar-refractivity contribution in [2.24, 2.45) is 5.92 Å². The summed E-state index contributed by atoms with van der Waals surface area (Å²) >= 11 is 1.30. The molecule has 1 heterocycles. The van der Waals surface area contributed by atoms with Crippen LogP contribution in [0, 0.1) is 5.92 Å². The summed E-state index contributed by atoms with van der Waals surface area (Å²) in [4.78, 5) is 15.1. The first kappa shape index (κ1) is 16.1. The predicted molar refractivity (Wildman–Crippen MR) is 78.7 cm³/mol. The zero-order valence-corrected chi connectivity index (χ0v) is 13.3. The lowest BCUT2D eigenvalue weighted by Crippen LogP contribution is -2.20. The number of hydrogen-bond donors (Lipinski definition) is 1. The van der Waals surface area contributed by atoms with Crippen LogP contribution in [0.2, 0.25) is 0 Å². The van der Waals surface area contributed by atoms with Crippen LogP contribution >= 0.6 is 11.8 Å². The third kappa shape index (κ3) is 4.56. The topological polar surface area (TPSA) is 55.1 Å². The van der Waals surface area contributed by atoms with Gasteiger partial charge in [-0.1, -0.05) is 52.8 Å². The molecule has 1 atom stereocenters. The number of thioether (sulfide) groups is 1. The highest BCUT2D eigenvalue weighted by Crippen LogP contribution is 2.28. The zero-order valence-electron chi connectivity index (χ0n) is 12.4. The normalized spacial score (nSPS) is 13.5. The van der Waals surface area contributed by atoms with Gasteiger partial charge in [0.1, 0.15) is 0 Å². The summed E-state index contributed by atoms with van der Waals surface area (Å²) in [7, 11) is 0. The van der Waals surface area contributed by atoms with E-state index in [2.05, 4.69) is 44.2 Å². The lowest BCUT2D eigenvalue weighted by molar-refractivity contribution is -0.133. The van der Waals surface area contributed by atoms with Crippen LogP contribution in [0.5, 0.6) is 0 Å². The Balaban J connectivity index is 3.03. The second kappa shape index (κ2) is 6.46. The largest absolute Gasteiger partial charge is 0.481 e. The minimum atomic E-state index is -0.805. The van der Waals surface area contributed by atoms with Gasteiger partial charge in [0.05, 0.1) is 5.75 Å². The van der Waals surface area contributed by atoms with E-state index < -0.39 is 5.97 Å². The maximum atomic E-state index is 10.7. The van der Waals surface area contributed by atoms with Crippen molar-refractivity contribution in [1.29, 1.82) is 0 Å². The minimum Gasteiger partial charge on any atom is -0.481 e. The molecule has 0 spiro atoms. The molecule has 0 fully saturated rings. The Kier molecular flexibility index (Phi) is 5.47. The molecule has 0 aliphatic heterocycles. The highest BCUT2D eigenvalue weighted by molar-refractivity contribution is 7.99. The van der Waals surface area contributed by atoms with E-state index in [4.69, 9.17) is 5.11 Å². The van der Waals surface area contributed by atoms with Gasteiger partial charge in [0.2, 0.25) is 0 Å². The third-order valence-electron chi connectivity index (χ3n) is 3.10. The molecule has 0 aromatic carbocycles. The monoisotopic (exact) mass is 284 g/mol. The predicted octanol–water partition coefficient (Wildman–Crippen LogP) is 3.40. The van der Waals surface area contributed by atoms with Gasteiger partial charge in [-0.3, -0.25) is 4.79 Å². The summed E-state index contributed by atoms with van der Waals surface area (Å²) in [5.74, 6) is -0.193. The molecule has 0 saturated carbocycles. The number of hydrogen-bond acceptors (Lipinski definition) is 3. The van der Waals surface area contributed by atoms with Crippen LogP contribution in [0.15, 0.2) is 11.4 Å². The highest BCUT2D eigenvalue weighted by atomic mass is 32.2. The Morgan fingerprint density at radius 2 is 2.16 bits per heavy atom. The standard InChI is InChI=1S/C14H24N2O2S/c1-6-10(2)8-16-11(14(3,4)5)7-15-13(16)19-9-12(17)18/h7,10H,6,8-9H2,1-5H3,(H,17,18). The molecule has 0 saturated heterocycles. The Morgan fingerprint density at radius 1 is 1.53 bits per heavy atom. The summed E-state index contributed by atoms with van der Waals surface area (Å²) in [5, 5.41) is 9.62. The molecule has 0 amide bonds. The number of aromatic nitrogens is 2. The summed E-state index contributed by atoms with van der Waals surface area (Å²) in [6.45, 7) is 11.7.